The van der Waals surface area contributed by atoms with E-state index < -0.39 is 11.4 Å². The molecule has 1 heterocycles. The quantitative estimate of drug-likeness (QED) is 0.761. The third-order valence-electron chi connectivity index (χ3n) is 3.91. The minimum atomic E-state index is -0.795. The molecular formula is C13H19NO3. The van der Waals surface area contributed by atoms with Crippen molar-refractivity contribution in [2.45, 2.75) is 38.5 Å². The molecule has 1 aliphatic carbocycles. The van der Waals surface area contributed by atoms with Gasteiger partial charge in [-0.3, -0.25) is 9.59 Å². The van der Waals surface area contributed by atoms with Gasteiger partial charge in [0.2, 0.25) is 5.91 Å². The van der Waals surface area contributed by atoms with Crippen molar-refractivity contribution in [3.63, 3.8) is 0 Å². The fourth-order valence-electron chi connectivity index (χ4n) is 2.79. The average molecular weight is 237 g/mol. The van der Waals surface area contributed by atoms with Gasteiger partial charge in [0.1, 0.15) is 0 Å². The fraction of sp³-hybridized carbons (Fsp3) is 0.692. The molecule has 4 nitrogen and oxygen atoms in total. The van der Waals surface area contributed by atoms with Crippen molar-refractivity contribution in [1.82, 2.24) is 4.90 Å². The zero-order valence-corrected chi connectivity index (χ0v) is 10.0. The van der Waals surface area contributed by atoms with Crippen molar-refractivity contribution >= 4 is 11.9 Å². The molecule has 17 heavy (non-hydrogen) atoms. The Morgan fingerprint density at radius 2 is 1.94 bits per heavy atom. The van der Waals surface area contributed by atoms with Crippen LogP contribution in [0.15, 0.2) is 12.2 Å². The van der Waals surface area contributed by atoms with Crippen molar-refractivity contribution in [3.8, 4) is 0 Å². The summed E-state index contributed by atoms with van der Waals surface area (Å²) in [7, 11) is 0. The first kappa shape index (κ1) is 12.1. The predicted molar refractivity (Wildman–Crippen MR) is 63.5 cm³/mol. The molecule has 1 amide bonds. The van der Waals surface area contributed by atoms with Gasteiger partial charge in [-0.15, -0.1) is 0 Å². The highest BCUT2D eigenvalue weighted by atomic mass is 16.4. The van der Waals surface area contributed by atoms with Gasteiger partial charge in [0.05, 0.1) is 5.41 Å². The molecule has 0 spiro atoms. The number of carboxylic acids is 1. The zero-order chi connectivity index (χ0) is 12.3. The van der Waals surface area contributed by atoms with Crippen molar-refractivity contribution in [1.29, 1.82) is 0 Å². The second-order valence-electron chi connectivity index (χ2n) is 5.07. The lowest BCUT2D eigenvalue weighted by Gasteiger charge is -2.29. The van der Waals surface area contributed by atoms with Crippen LogP contribution < -0.4 is 0 Å². The number of carbonyl (C=O) groups excluding carboxylic acids is 1. The van der Waals surface area contributed by atoms with E-state index in [9.17, 15) is 14.7 Å². The van der Waals surface area contributed by atoms with Crippen LogP contribution in [-0.4, -0.2) is 35.0 Å². The number of carbonyl (C=O) groups is 2. The Hall–Kier alpha value is -1.32. The van der Waals surface area contributed by atoms with Gasteiger partial charge < -0.3 is 10.0 Å². The van der Waals surface area contributed by atoms with Gasteiger partial charge in [-0.05, 0) is 19.3 Å². The summed E-state index contributed by atoms with van der Waals surface area (Å²) in [6, 6.07) is 0. The van der Waals surface area contributed by atoms with E-state index in [-0.39, 0.29) is 12.3 Å². The lowest BCUT2D eigenvalue weighted by molar-refractivity contribution is -0.153. The molecule has 0 saturated heterocycles. The van der Waals surface area contributed by atoms with E-state index in [1.807, 2.05) is 6.08 Å². The van der Waals surface area contributed by atoms with E-state index in [4.69, 9.17) is 0 Å². The maximum absolute atomic E-state index is 12.1. The molecule has 0 bridgehead atoms. The third kappa shape index (κ3) is 2.51. The maximum atomic E-state index is 12.1. The molecule has 4 heteroatoms. The number of carboxylic acid groups (broad SMARTS) is 1. The topological polar surface area (TPSA) is 57.6 Å². The monoisotopic (exact) mass is 237 g/mol. The summed E-state index contributed by atoms with van der Waals surface area (Å²) in [6.07, 6.45) is 8.26. The molecule has 0 aromatic rings. The second kappa shape index (κ2) is 4.90. The molecule has 0 unspecified atom stereocenters. The van der Waals surface area contributed by atoms with E-state index in [0.717, 1.165) is 25.8 Å². The van der Waals surface area contributed by atoms with E-state index in [2.05, 4.69) is 6.08 Å². The van der Waals surface area contributed by atoms with Crippen molar-refractivity contribution < 1.29 is 14.7 Å². The molecular weight excluding hydrogens is 218 g/mol. The Bertz CT molecular complexity index is 343. The largest absolute Gasteiger partial charge is 0.481 e. The molecule has 94 valence electrons. The number of amides is 1. The van der Waals surface area contributed by atoms with Gasteiger partial charge in [0.25, 0.3) is 0 Å². The number of hydrogen-bond donors (Lipinski definition) is 1. The van der Waals surface area contributed by atoms with Gasteiger partial charge in [0.15, 0.2) is 0 Å². The van der Waals surface area contributed by atoms with Crippen LogP contribution in [0.25, 0.3) is 0 Å². The predicted octanol–water partition coefficient (Wildman–Crippen LogP) is 1.81. The molecule has 1 aliphatic heterocycles. The van der Waals surface area contributed by atoms with Gasteiger partial charge in [-0.2, -0.15) is 0 Å². The lowest BCUT2D eigenvalue weighted by atomic mass is 9.82. The van der Waals surface area contributed by atoms with Crippen LogP contribution in [-0.2, 0) is 9.59 Å². The zero-order valence-electron chi connectivity index (χ0n) is 10.0. The minimum absolute atomic E-state index is 0.00125. The second-order valence-corrected chi connectivity index (χ2v) is 5.07. The standard InChI is InChI=1S/C13H19NO3/c15-11(14-8-4-1-5-9-14)10-13(12(16)17)6-2-3-7-13/h1,4H,2-3,5-10H2,(H,16,17). The summed E-state index contributed by atoms with van der Waals surface area (Å²) in [6.45, 7) is 1.36. The molecule has 1 N–H and O–H groups in total. The lowest BCUT2D eigenvalue weighted by Crippen LogP contribution is -2.39. The van der Waals surface area contributed by atoms with Gasteiger partial charge in [0, 0.05) is 19.5 Å². The summed E-state index contributed by atoms with van der Waals surface area (Å²) in [4.78, 5) is 25.2. The first-order valence-corrected chi connectivity index (χ1v) is 6.30. The Labute approximate surface area is 101 Å². The third-order valence-corrected chi connectivity index (χ3v) is 3.91. The Morgan fingerprint density at radius 1 is 1.24 bits per heavy atom. The average Bonchev–Trinajstić information content (AvgIpc) is 2.80. The summed E-state index contributed by atoms with van der Waals surface area (Å²) < 4.78 is 0. The van der Waals surface area contributed by atoms with Crippen molar-refractivity contribution in [2.75, 3.05) is 13.1 Å². The van der Waals surface area contributed by atoms with Crippen LogP contribution in [0.5, 0.6) is 0 Å². The molecule has 2 rings (SSSR count). The van der Waals surface area contributed by atoms with E-state index in [1.165, 1.54) is 0 Å². The smallest absolute Gasteiger partial charge is 0.310 e. The normalized spacial score (nSPS) is 22.7. The molecule has 2 aliphatic rings. The summed E-state index contributed by atoms with van der Waals surface area (Å²) in [5.74, 6) is -0.797. The molecule has 1 fully saturated rings. The van der Waals surface area contributed by atoms with Crippen LogP contribution >= 0.6 is 0 Å². The minimum Gasteiger partial charge on any atom is -0.481 e. The Balaban J connectivity index is 2.00. The molecule has 1 saturated carbocycles. The van der Waals surface area contributed by atoms with Crippen LogP contribution in [0.1, 0.15) is 38.5 Å². The van der Waals surface area contributed by atoms with Crippen molar-refractivity contribution in [2.24, 2.45) is 5.41 Å². The van der Waals surface area contributed by atoms with Gasteiger partial charge in [-0.1, -0.05) is 25.0 Å². The molecule has 0 atom stereocenters. The highest BCUT2D eigenvalue weighted by Gasteiger charge is 2.43. The van der Waals surface area contributed by atoms with E-state index >= 15 is 0 Å². The van der Waals surface area contributed by atoms with Crippen molar-refractivity contribution in [3.05, 3.63) is 12.2 Å². The molecule has 0 aromatic carbocycles. The van der Waals surface area contributed by atoms with Crippen LogP contribution in [0.3, 0.4) is 0 Å². The summed E-state index contributed by atoms with van der Waals surface area (Å²) in [5, 5.41) is 9.33. The van der Waals surface area contributed by atoms with Gasteiger partial charge >= 0.3 is 5.97 Å². The first-order valence-electron chi connectivity index (χ1n) is 6.30. The number of rotatable bonds is 3. The van der Waals surface area contributed by atoms with Crippen LogP contribution in [0.2, 0.25) is 0 Å². The van der Waals surface area contributed by atoms with Crippen LogP contribution in [0, 0.1) is 5.41 Å². The summed E-state index contributed by atoms with van der Waals surface area (Å²) in [5.41, 5.74) is -0.780. The summed E-state index contributed by atoms with van der Waals surface area (Å²) >= 11 is 0. The number of aliphatic carboxylic acids is 1. The number of nitrogens with zero attached hydrogens (tertiary/aromatic N) is 1. The molecule has 0 radical (unpaired) electrons. The Kier molecular flexibility index (Phi) is 3.50. The molecule has 0 aromatic heterocycles. The van der Waals surface area contributed by atoms with E-state index in [1.54, 1.807) is 4.90 Å². The highest BCUT2D eigenvalue weighted by molar-refractivity contribution is 5.85. The fourth-order valence-corrected chi connectivity index (χ4v) is 2.79. The Morgan fingerprint density at radius 3 is 2.47 bits per heavy atom. The maximum Gasteiger partial charge on any atom is 0.310 e. The van der Waals surface area contributed by atoms with Gasteiger partial charge in [-0.25, -0.2) is 0 Å². The number of hydrogen-bond acceptors (Lipinski definition) is 2. The van der Waals surface area contributed by atoms with E-state index in [0.29, 0.717) is 19.4 Å². The van der Waals surface area contributed by atoms with Crippen LogP contribution in [0.4, 0.5) is 0 Å². The SMILES string of the molecule is O=C(CC1(C(=O)O)CCCC1)N1CC=CCC1. The highest BCUT2D eigenvalue weighted by Crippen LogP contribution is 2.41. The first-order chi connectivity index (χ1) is 8.14.